The van der Waals surface area contributed by atoms with E-state index in [2.05, 4.69) is 10.6 Å². The van der Waals surface area contributed by atoms with Gasteiger partial charge in [0.15, 0.2) is 0 Å². The number of carbonyl (C=O) groups excluding carboxylic acids is 1. The van der Waals surface area contributed by atoms with Gasteiger partial charge in [-0.3, -0.25) is 9.59 Å². The Morgan fingerprint density at radius 3 is 2.53 bits per heavy atom. The van der Waals surface area contributed by atoms with E-state index >= 15 is 0 Å². The molecule has 0 aromatic rings. The van der Waals surface area contributed by atoms with Gasteiger partial charge in [0, 0.05) is 25.0 Å². The van der Waals surface area contributed by atoms with Gasteiger partial charge in [-0.1, -0.05) is 0 Å². The van der Waals surface area contributed by atoms with Crippen molar-refractivity contribution in [2.75, 3.05) is 6.54 Å². The van der Waals surface area contributed by atoms with Crippen LogP contribution in [0, 0.1) is 17.8 Å². The molecule has 0 aliphatic heterocycles. The van der Waals surface area contributed by atoms with Crippen molar-refractivity contribution in [1.29, 1.82) is 0 Å². The fourth-order valence-electron chi connectivity index (χ4n) is 3.82. The van der Waals surface area contributed by atoms with Gasteiger partial charge < -0.3 is 15.7 Å². The van der Waals surface area contributed by atoms with Gasteiger partial charge in [-0.25, -0.2) is 0 Å². The first kappa shape index (κ1) is 12.9. The van der Waals surface area contributed by atoms with Gasteiger partial charge >= 0.3 is 5.97 Å². The van der Waals surface area contributed by atoms with Crippen LogP contribution in [0.5, 0.6) is 0 Å². The second-order valence-corrected chi connectivity index (χ2v) is 6.27. The average Bonchev–Trinajstić information content (AvgIpc) is 2.94. The fourth-order valence-corrected chi connectivity index (χ4v) is 3.82. The van der Waals surface area contributed by atoms with Crippen LogP contribution in [0.1, 0.15) is 38.5 Å². The summed E-state index contributed by atoms with van der Waals surface area (Å²) in [7, 11) is 0. The van der Waals surface area contributed by atoms with Gasteiger partial charge in [0.2, 0.25) is 5.91 Å². The molecule has 0 radical (unpaired) electrons. The van der Waals surface area contributed by atoms with Gasteiger partial charge in [-0.2, -0.15) is 0 Å². The highest BCUT2D eigenvalue weighted by Crippen LogP contribution is 2.48. The van der Waals surface area contributed by atoms with E-state index in [-0.39, 0.29) is 17.9 Å². The highest BCUT2D eigenvalue weighted by Gasteiger charge is 2.50. The zero-order chi connectivity index (χ0) is 13.4. The highest BCUT2D eigenvalue weighted by molar-refractivity contribution is 5.76. The van der Waals surface area contributed by atoms with E-state index in [4.69, 9.17) is 0 Å². The lowest BCUT2D eigenvalue weighted by molar-refractivity contribution is -0.144. The lowest BCUT2D eigenvalue weighted by Gasteiger charge is -2.29. The number of hydrogen-bond donors (Lipinski definition) is 3. The van der Waals surface area contributed by atoms with Crippen LogP contribution in [-0.4, -0.2) is 35.6 Å². The Kier molecular flexibility index (Phi) is 3.48. The maximum absolute atomic E-state index is 11.6. The van der Waals surface area contributed by atoms with E-state index in [0.717, 1.165) is 32.1 Å². The Morgan fingerprint density at radius 2 is 1.84 bits per heavy atom. The van der Waals surface area contributed by atoms with E-state index in [1.165, 1.54) is 0 Å². The molecular weight excluding hydrogens is 244 g/mol. The molecule has 3 aliphatic carbocycles. The molecule has 3 N–H and O–H groups in total. The zero-order valence-electron chi connectivity index (χ0n) is 11.1. The fraction of sp³-hybridized carbons (Fsp3) is 0.857. The van der Waals surface area contributed by atoms with Crippen LogP contribution in [0.3, 0.4) is 0 Å². The maximum Gasteiger partial charge on any atom is 0.308 e. The zero-order valence-corrected chi connectivity index (χ0v) is 11.1. The van der Waals surface area contributed by atoms with Crippen molar-refractivity contribution in [3.8, 4) is 0 Å². The van der Waals surface area contributed by atoms with Crippen LogP contribution in [0.15, 0.2) is 0 Å². The molecule has 5 nitrogen and oxygen atoms in total. The highest BCUT2D eigenvalue weighted by atomic mass is 16.4. The third kappa shape index (κ3) is 2.76. The van der Waals surface area contributed by atoms with Gasteiger partial charge in [0.25, 0.3) is 0 Å². The molecule has 3 saturated carbocycles. The number of aliphatic carboxylic acids is 1. The molecule has 3 rings (SSSR count). The molecule has 0 saturated heterocycles. The molecule has 106 valence electrons. The minimum Gasteiger partial charge on any atom is -0.481 e. The molecule has 2 bridgehead atoms. The molecule has 0 spiro atoms. The van der Waals surface area contributed by atoms with Crippen LogP contribution in [0.4, 0.5) is 0 Å². The Bertz CT molecular complexity index is 381. The standard InChI is InChI=1S/C14H22N2O3/c17-11(16-10-3-4-10)5-6-15-13-9-2-1-8(7-9)12(13)14(18)19/h8-10,12-13,15H,1-7H2,(H,16,17)(H,18,19). The Balaban J connectivity index is 1.45. The average molecular weight is 266 g/mol. The molecule has 0 aromatic heterocycles. The van der Waals surface area contributed by atoms with E-state index in [9.17, 15) is 14.7 Å². The molecule has 3 fully saturated rings. The van der Waals surface area contributed by atoms with Crippen molar-refractivity contribution in [3.05, 3.63) is 0 Å². The lowest BCUT2D eigenvalue weighted by Crippen LogP contribution is -2.45. The molecule has 3 aliphatic rings. The maximum atomic E-state index is 11.6. The van der Waals surface area contributed by atoms with Gasteiger partial charge in [-0.05, 0) is 43.9 Å². The predicted octanol–water partition coefficient (Wildman–Crippen LogP) is 0.744. The normalized spacial score (nSPS) is 36.4. The number of carboxylic acids is 1. The second kappa shape index (κ2) is 5.12. The summed E-state index contributed by atoms with van der Waals surface area (Å²) in [6, 6.07) is 0.478. The van der Waals surface area contributed by atoms with Crippen LogP contribution in [0.25, 0.3) is 0 Å². The smallest absolute Gasteiger partial charge is 0.308 e. The van der Waals surface area contributed by atoms with Crippen molar-refractivity contribution in [1.82, 2.24) is 10.6 Å². The molecule has 0 heterocycles. The van der Waals surface area contributed by atoms with E-state index in [0.29, 0.717) is 30.8 Å². The summed E-state index contributed by atoms with van der Waals surface area (Å²) in [4.78, 5) is 22.9. The number of fused-ring (bicyclic) bond motifs is 2. The minimum atomic E-state index is -0.674. The third-order valence-corrected chi connectivity index (χ3v) is 4.88. The quantitative estimate of drug-likeness (QED) is 0.662. The summed E-state index contributed by atoms with van der Waals surface area (Å²) in [5, 5.41) is 15.6. The summed E-state index contributed by atoms with van der Waals surface area (Å²) in [5.74, 6) is 0.0142. The van der Waals surface area contributed by atoms with Crippen LogP contribution < -0.4 is 10.6 Å². The Hall–Kier alpha value is -1.10. The number of carbonyl (C=O) groups is 2. The van der Waals surface area contributed by atoms with Crippen molar-refractivity contribution in [2.24, 2.45) is 17.8 Å². The molecule has 19 heavy (non-hydrogen) atoms. The summed E-state index contributed by atoms with van der Waals surface area (Å²) >= 11 is 0. The number of nitrogens with one attached hydrogen (secondary N) is 2. The molecular formula is C14H22N2O3. The number of hydrogen-bond acceptors (Lipinski definition) is 3. The Labute approximate surface area is 113 Å². The van der Waals surface area contributed by atoms with Crippen LogP contribution in [-0.2, 0) is 9.59 Å². The summed E-state index contributed by atoms with van der Waals surface area (Å²) < 4.78 is 0. The van der Waals surface area contributed by atoms with Crippen molar-refractivity contribution >= 4 is 11.9 Å². The predicted molar refractivity (Wildman–Crippen MR) is 69.5 cm³/mol. The summed E-state index contributed by atoms with van der Waals surface area (Å²) in [6.07, 6.45) is 5.90. The molecule has 4 atom stereocenters. The molecule has 5 heteroatoms. The first-order valence-electron chi connectivity index (χ1n) is 7.40. The minimum absolute atomic E-state index is 0.0741. The van der Waals surface area contributed by atoms with E-state index < -0.39 is 5.97 Å². The summed E-state index contributed by atoms with van der Waals surface area (Å²) in [5.41, 5.74) is 0. The second-order valence-electron chi connectivity index (χ2n) is 6.27. The van der Waals surface area contributed by atoms with Crippen molar-refractivity contribution < 1.29 is 14.7 Å². The topological polar surface area (TPSA) is 78.4 Å². The van der Waals surface area contributed by atoms with E-state index in [1.807, 2.05) is 0 Å². The molecule has 1 amide bonds. The van der Waals surface area contributed by atoms with E-state index in [1.54, 1.807) is 0 Å². The number of amides is 1. The SMILES string of the molecule is O=C(CCNC1C2CCC(C2)C1C(=O)O)NC1CC1. The van der Waals surface area contributed by atoms with Crippen LogP contribution in [0.2, 0.25) is 0 Å². The van der Waals surface area contributed by atoms with Crippen molar-refractivity contribution in [2.45, 2.75) is 50.6 Å². The first-order chi connectivity index (χ1) is 9.15. The largest absolute Gasteiger partial charge is 0.481 e. The third-order valence-electron chi connectivity index (χ3n) is 4.88. The first-order valence-corrected chi connectivity index (χ1v) is 7.40. The van der Waals surface area contributed by atoms with Gasteiger partial charge in [0.1, 0.15) is 0 Å². The van der Waals surface area contributed by atoms with Gasteiger partial charge in [-0.15, -0.1) is 0 Å². The monoisotopic (exact) mass is 266 g/mol. The van der Waals surface area contributed by atoms with Crippen LogP contribution >= 0.6 is 0 Å². The van der Waals surface area contributed by atoms with Crippen molar-refractivity contribution in [3.63, 3.8) is 0 Å². The summed E-state index contributed by atoms with van der Waals surface area (Å²) in [6.45, 7) is 0.593. The molecule has 0 aromatic carbocycles. The van der Waals surface area contributed by atoms with Gasteiger partial charge in [0.05, 0.1) is 5.92 Å². The molecule has 4 unspecified atom stereocenters. The number of carboxylic acid groups (broad SMARTS) is 1. The Morgan fingerprint density at radius 1 is 1.11 bits per heavy atom. The number of rotatable bonds is 6. The lowest BCUT2D eigenvalue weighted by atomic mass is 9.84.